The molecule has 1 fully saturated rings. The van der Waals surface area contributed by atoms with Gasteiger partial charge in [0, 0.05) is 10.9 Å². The molecule has 0 radical (unpaired) electrons. The van der Waals surface area contributed by atoms with Crippen molar-refractivity contribution >= 4 is 21.9 Å². The number of benzene rings is 1. The fourth-order valence-electron chi connectivity index (χ4n) is 3.41. The van der Waals surface area contributed by atoms with Gasteiger partial charge in [-0.25, -0.2) is 0 Å². The van der Waals surface area contributed by atoms with E-state index in [0.717, 1.165) is 25.7 Å². The van der Waals surface area contributed by atoms with E-state index >= 15 is 0 Å². The Morgan fingerprint density at radius 2 is 2.24 bits per heavy atom. The largest absolute Gasteiger partial charge is 0.481 e. The van der Waals surface area contributed by atoms with Crippen molar-refractivity contribution in [2.75, 3.05) is 0 Å². The van der Waals surface area contributed by atoms with Crippen molar-refractivity contribution in [2.45, 2.75) is 37.5 Å². The van der Waals surface area contributed by atoms with Gasteiger partial charge in [0.2, 0.25) is 0 Å². The van der Waals surface area contributed by atoms with Crippen LogP contribution in [0.25, 0.3) is 0 Å². The molecule has 0 heterocycles. The molecule has 3 heteroatoms. The molecule has 1 saturated carbocycles. The van der Waals surface area contributed by atoms with Crippen molar-refractivity contribution in [1.82, 2.24) is 0 Å². The van der Waals surface area contributed by atoms with Crippen molar-refractivity contribution in [3.8, 4) is 0 Å². The molecule has 1 N–H and O–H groups in total. The molecule has 0 amide bonds. The molecule has 1 spiro atoms. The molecule has 1 atom stereocenters. The first-order valence-corrected chi connectivity index (χ1v) is 6.92. The summed E-state index contributed by atoms with van der Waals surface area (Å²) in [7, 11) is 0. The third-order valence-electron chi connectivity index (χ3n) is 4.39. The Kier molecular flexibility index (Phi) is 2.54. The second-order valence-corrected chi connectivity index (χ2v) is 6.11. The summed E-state index contributed by atoms with van der Waals surface area (Å²) >= 11 is 3.62. The second kappa shape index (κ2) is 3.84. The highest BCUT2D eigenvalue weighted by atomic mass is 79.9. The van der Waals surface area contributed by atoms with Crippen LogP contribution >= 0.6 is 15.9 Å². The van der Waals surface area contributed by atoms with E-state index in [9.17, 15) is 4.79 Å². The average Bonchev–Trinajstić information content (AvgIpc) is 3.05. The van der Waals surface area contributed by atoms with Gasteiger partial charge in [-0.05, 0) is 54.2 Å². The van der Waals surface area contributed by atoms with Crippen molar-refractivity contribution in [3.63, 3.8) is 0 Å². The van der Waals surface area contributed by atoms with Crippen molar-refractivity contribution < 1.29 is 9.90 Å². The summed E-state index contributed by atoms with van der Waals surface area (Å²) in [5, 5.41) is 9.02. The molecule has 0 bridgehead atoms. The predicted octanol–water partition coefficient (Wildman–Crippen LogP) is 3.52. The van der Waals surface area contributed by atoms with E-state index in [1.807, 2.05) is 0 Å². The SMILES string of the molecule is O=C(O)CC1CCc2c(Br)cccc2C12CC2. The fraction of sp³-hybridized carbons (Fsp3) is 0.500. The van der Waals surface area contributed by atoms with Gasteiger partial charge in [-0.15, -0.1) is 0 Å². The number of carbonyl (C=O) groups is 1. The standard InChI is InChI=1S/C14H15BrO2/c15-12-3-1-2-11-10(12)5-4-9(8-13(16)17)14(11)6-7-14/h1-3,9H,4-8H2,(H,16,17). The summed E-state index contributed by atoms with van der Waals surface area (Å²) < 4.78 is 1.19. The average molecular weight is 295 g/mol. The Bertz CT molecular complexity index is 477. The molecule has 2 nitrogen and oxygen atoms in total. The van der Waals surface area contributed by atoms with Crippen LogP contribution in [0.3, 0.4) is 0 Å². The molecule has 2 aliphatic rings. The molecule has 17 heavy (non-hydrogen) atoms. The Labute approximate surface area is 109 Å². The molecule has 1 unspecified atom stereocenters. The lowest BCUT2D eigenvalue weighted by atomic mass is 9.71. The fourth-order valence-corrected chi connectivity index (χ4v) is 3.98. The summed E-state index contributed by atoms with van der Waals surface area (Å²) in [6.45, 7) is 0. The van der Waals surface area contributed by atoms with Crippen molar-refractivity contribution in [2.24, 2.45) is 5.92 Å². The lowest BCUT2D eigenvalue weighted by Crippen LogP contribution is -2.29. The van der Waals surface area contributed by atoms with E-state index in [1.54, 1.807) is 0 Å². The van der Waals surface area contributed by atoms with Crippen LogP contribution < -0.4 is 0 Å². The topological polar surface area (TPSA) is 37.3 Å². The van der Waals surface area contributed by atoms with Crippen LogP contribution in [0.5, 0.6) is 0 Å². The number of hydrogen-bond donors (Lipinski definition) is 1. The molecule has 90 valence electrons. The predicted molar refractivity (Wildman–Crippen MR) is 69.1 cm³/mol. The van der Waals surface area contributed by atoms with Gasteiger partial charge >= 0.3 is 5.97 Å². The number of rotatable bonds is 2. The zero-order valence-corrected chi connectivity index (χ0v) is 11.2. The first kappa shape index (κ1) is 11.3. The Hall–Kier alpha value is -0.830. The second-order valence-electron chi connectivity index (χ2n) is 5.26. The summed E-state index contributed by atoms with van der Waals surface area (Å²) in [5.41, 5.74) is 3.01. The van der Waals surface area contributed by atoms with Crippen LogP contribution in [0.1, 0.15) is 36.8 Å². The summed E-state index contributed by atoms with van der Waals surface area (Å²) in [4.78, 5) is 11.0. The van der Waals surface area contributed by atoms with Gasteiger partial charge in [-0.1, -0.05) is 28.1 Å². The number of aliphatic carboxylic acids is 1. The number of hydrogen-bond acceptors (Lipinski definition) is 1. The minimum absolute atomic E-state index is 0.190. The maximum Gasteiger partial charge on any atom is 0.303 e. The van der Waals surface area contributed by atoms with Crippen LogP contribution in [0.15, 0.2) is 22.7 Å². The molecule has 2 aliphatic carbocycles. The van der Waals surface area contributed by atoms with Gasteiger partial charge in [0.25, 0.3) is 0 Å². The van der Waals surface area contributed by atoms with Crippen molar-refractivity contribution in [3.05, 3.63) is 33.8 Å². The Morgan fingerprint density at radius 1 is 1.47 bits per heavy atom. The third kappa shape index (κ3) is 1.71. The van der Waals surface area contributed by atoms with E-state index in [-0.39, 0.29) is 5.41 Å². The quantitative estimate of drug-likeness (QED) is 0.906. The molecule has 0 aromatic heterocycles. The van der Waals surface area contributed by atoms with Crippen molar-refractivity contribution in [1.29, 1.82) is 0 Å². The highest BCUT2D eigenvalue weighted by Crippen LogP contribution is 2.60. The van der Waals surface area contributed by atoms with E-state index < -0.39 is 5.97 Å². The Morgan fingerprint density at radius 3 is 2.88 bits per heavy atom. The minimum Gasteiger partial charge on any atom is -0.481 e. The number of carboxylic acid groups (broad SMARTS) is 1. The van der Waals surface area contributed by atoms with Crippen LogP contribution in [0.2, 0.25) is 0 Å². The minimum atomic E-state index is -0.653. The van der Waals surface area contributed by atoms with Crippen LogP contribution in [-0.4, -0.2) is 11.1 Å². The maximum absolute atomic E-state index is 11.0. The van der Waals surface area contributed by atoms with Gasteiger partial charge in [0.1, 0.15) is 0 Å². The van der Waals surface area contributed by atoms with Gasteiger partial charge in [0.05, 0.1) is 0 Å². The summed E-state index contributed by atoms with van der Waals surface area (Å²) in [6, 6.07) is 6.36. The van der Waals surface area contributed by atoms with E-state index in [4.69, 9.17) is 5.11 Å². The van der Waals surface area contributed by atoms with Gasteiger partial charge in [-0.3, -0.25) is 4.79 Å². The zero-order chi connectivity index (χ0) is 12.0. The highest BCUT2D eigenvalue weighted by Gasteiger charge is 2.53. The molecule has 0 aliphatic heterocycles. The first-order chi connectivity index (χ1) is 8.13. The summed E-state index contributed by atoms with van der Waals surface area (Å²) in [5.74, 6) is -0.318. The number of carboxylic acids is 1. The molecule has 1 aromatic rings. The van der Waals surface area contributed by atoms with Gasteiger partial charge in [-0.2, -0.15) is 0 Å². The van der Waals surface area contributed by atoms with Crippen LogP contribution in [0, 0.1) is 5.92 Å². The zero-order valence-electron chi connectivity index (χ0n) is 9.58. The smallest absolute Gasteiger partial charge is 0.303 e. The lowest BCUT2D eigenvalue weighted by molar-refractivity contribution is -0.138. The monoisotopic (exact) mass is 294 g/mol. The lowest BCUT2D eigenvalue weighted by Gasteiger charge is -2.33. The molecule has 3 rings (SSSR count). The Balaban J connectivity index is 2.01. The van der Waals surface area contributed by atoms with E-state index in [1.165, 1.54) is 15.6 Å². The maximum atomic E-state index is 11.0. The molecular formula is C14H15BrO2. The van der Waals surface area contributed by atoms with Gasteiger partial charge < -0.3 is 5.11 Å². The van der Waals surface area contributed by atoms with Gasteiger partial charge in [0.15, 0.2) is 0 Å². The molecule has 0 saturated heterocycles. The number of fused-ring (bicyclic) bond motifs is 2. The third-order valence-corrected chi connectivity index (χ3v) is 5.13. The van der Waals surface area contributed by atoms with Crippen LogP contribution in [-0.2, 0) is 16.6 Å². The number of halogens is 1. The summed E-state index contributed by atoms with van der Waals surface area (Å²) in [6.07, 6.45) is 4.67. The molecule has 1 aromatic carbocycles. The van der Waals surface area contributed by atoms with E-state index in [2.05, 4.69) is 34.1 Å². The van der Waals surface area contributed by atoms with E-state index in [0.29, 0.717) is 12.3 Å². The normalized spacial score (nSPS) is 24.4. The highest BCUT2D eigenvalue weighted by molar-refractivity contribution is 9.10. The first-order valence-electron chi connectivity index (χ1n) is 6.13. The molecular weight excluding hydrogens is 280 g/mol. The van der Waals surface area contributed by atoms with Crippen LogP contribution in [0.4, 0.5) is 0 Å².